The summed E-state index contributed by atoms with van der Waals surface area (Å²) in [7, 11) is 0. The Labute approximate surface area is 70.2 Å². The molecule has 2 unspecified atom stereocenters. The summed E-state index contributed by atoms with van der Waals surface area (Å²) in [6, 6.07) is -0.800. The van der Waals surface area contributed by atoms with E-state index in [0.717, 1.165) is 0 Å². The summed E-state index contributed by atoms with van der Waals surface area (Å²) in [6.45, 7) is 3.65. The van der Waals surface area contributed by atoms with E-state index in [4.69, 9.17) is 10.6 Å². The van der Waals surface area contributed by atoms with Crippen LogP contribution in [0.25, 0.3) is 10.4 Å². The number of carbonyl (C=O) groups is 1. The van der Waals surface area contributed by atoms with Crippen molar-refractivity contribution in [3.8, 4) is 0 Å². The molecular formula is C6H12N4O2. The molecule has 0 saturated carbocycles. The second-order valence-corrected chi connectivity index (χ2v) is 2.52. The van der Waals surface area contributed by atoms with Gasteiger partial charge in [0.25, 0.3) is 0 Å². The topological polar surface area (TPSA) is 98.1 Å². The third kappa shape index (κ3) is 3.12. The lowest BCUT2D eigenvalue weighted by molar-refractivity contribution is -0.140. The SMILES string of the molecule is CCC(C)C(NN=[N+]=[N-])C(=O)O. The molecule has 0 amide bonds. The van der Waals surface area contributed by atoms with Crippen LogP contribution in [0, 0.1) is 5.92 Å². The number of carboxylic acids is 1. The molecule has 0 aromatic heterocycles. The van der Waals surface area contributed by atoms with Crippen molar-refractivity contribution in [3.05, 3.63) is 10.4 Å². The van der Waals surface area contributed by atoms with Gasteiger partial charge in [-0.15, -0.1) is 5.53 Å². The van der Waals surface area contributed by atoms with E-state index < -0.39 is 12.0 Å². The van der Waals surface area contributed by atoms with E-state index in [1.807, 2.05) is 6.92 Å². The molecule has 2 N–H and O–H groups in total. The van der Waals surface area contributed by atoms with Crippen LogP contribution in [-0.4, -0.2) is 17.1 Å². The lowest BCUT2D eigenvalue weighted by atomic mass is 10.0. The van der Waals surface area contributed by atoms with Gasteiger partial charge in [-0.2, -0.15) is 4.91 Å². The number of hydrogen-bond acceptors (Lipinski definition) is 2. The molecule has 0 aromatic carbocycles. The number of nitrogens with zero attached hydrogens (tertiary/aromatic N) is 3. The number of hydrogen-bond donors (Lipinski definition) is 2. The van der Waals surface area contributed by atoms with Gasteiger partial charge in [-0.25, -0.2) is 10.2 Å². The third-order valence-corrected chi connectivity index (χ3v) is 1.72. The van der Waals surface area contributed by atoms with Crippen LogP contribution in [0.3, 0.4) is 0 Å². The average Bonchev–Trinajstić information content (AvgIpc) is 2.04. The van der Waals surface area contributed by atoms with Crippen molar-refractivity contribution in [1.29, 1.82) is 0 Å². The van der Waals surface area contributed by atoms with E-state index in [1.165, 1.54) is 0 Å². The molecule has 68 valence electrons. The monoisotopic (exact) mass is 172 g/mol. The summed E-state index contributed by atoms with van der Waals surface area (Å²) in [4.78, 5) is 13.0. The maximum atomic E-state index is 10.6. The minimum atomic E-state index is -1.00. The second kappa shape index (κ2) is 5.26. The van der Waals surface area contributed by atoms with E-state index in [2.05, 4.69) is 15.6 Å². The molecule has 0 aromatic rings. The van der Waals surface area contributed by atoms with Crippen LogP contribution >= 0.6 is 0 Å². The molecule has 0 fully saturated rings. The lowest BCUT2D eigenvalue weighted by Crippen LogP contribution is -2.38. The van der Waals surface area contributed by atoms with E-state index in [-0.39, 0.29) is 5.92 Å². The zero-order valence-electron chi connectivity index (χ0n) is 7.06. The van der Waals surface area contributed by atoms with Crippen LogP contribution < -0.4 is 5.43 Å². The molecule has 0 bridgehead atoms. The summed E-state index contributed by atoms with van der Waals surface area (Å²) in [5.41, 5.74) is 10.2. The summed E-state index contributed by atoms with van der Waals surface area (Å²) in [5.74, 6) is -1.07. The molecule has 12 heavy (non-hydrogen) atoms. The molecule has 0 rings (SSSR count). The Bertz CT molecular complexity index is 200. The molecule has 0 aliphatic rings. The molecule has 6 nitrogen and oxygen atoms in total. The van der Waals surface area contributed by atoms with E-state index in [0.29, 0.717) is 6.42 Å². The Morgan fingerprint density at radius 3 is 2.75 bits per heavy atom. The van der Waals surface area contributed by atoms with Gasteiger partial charge in [-0.3, -0.25) is 0 Å². The van der Waals surface area contributed by atoms with Crippen molar-refractivity contribution in [2.45, 2.75) is 26.3 Å². The Kier molecular flexibility index (Phi) is 4.64. The normalized spacial score (nSPS) is 14.2. The number of aliphatic carboxylic acids is 1. The Hall–Kier alpha value is -1.42. The van der Waals surface area contributed by atoms with E-state index >= 15 is 0 Å². The van der Waals surface area contributed by atoms with Gasteiger partial charge in [0, 0.05) is 5.92 Å². The van der Waals surface area contributed by atoms with Crippen molar-refractivity contribution in [2.24, 2.45) is 11.1 Å². The van der Waals surface area contributed by atoms with Gasteiger partial charge < -0.3 is 5.11 Å². The maximum Gasteiger partial charge on any atom is 0.349 e. The van der Waals surface area contributed by atoms with Crippen LogP contribution in [0.2, 0.25) is 0 Å². The number of carboxylic acid groups (broad SMARTS) is 1. The van der Waals surface area contributed by atoms with E-state index in [1.54, 1.807) is 6.92 Å². The summed E-state index contributed by atoms with van der Waals surface area (Å²) in [6.07, 6.45) is 0.713. The molecule has 2 atom stereocenters. The molecule has 0 saturated heterocycles. The fourth-order valence-corrected chi connectivity index (χ4v) is 0.750. The first kappa shape index (κ1) is 10.6. The second-order valence-electron chi connectivity index (χ2n) is 2.52. The Morgan fingerprint density at radius 1 is 1.83 bits per heavy atom. The predicted molar refractivity (Wildman–Crippen MR) is 43.2 cm³/mol. The van der Waals surface area contributed by atoms with Gasteiger partial charge >= 0.3 is 5.97 Å². The highest BCUT2D eigenvalue weighted by Crippen LogP contribution is 2.07. The summed E-state index contributed by atoms with van der Waals surface area (Å²) in [5, 5.41) is 11.7. The molecule has 0 spiro atoms. The first-order valence-corrected chi connectivity index (χ1v) is 3.65. The zero-order chi connectivity index (χ0) is 9.56. The molecule has 0 radical (unpaired) electrons. The van der Waals surface area contributed by atoms with Crippen LogP contribution in [0.15, 0.2) is 5.22 Å². The van der Waals surface area contributed by atoms with Gasteiger partial charge in [0.1, 0.15) is 0 Å². The van der Waals surface area contributed by atoms with Crippen molar-refractivity contribution in [2.75, 3.05) is 0 Å². The van der Waals surface area contributed by atoms with E-state index in [9.17, 15) is 4.79 Å². The van der Waals surface area contributed by atoms with Gasteiger partial charge in [-0.05, 0) is 11.6 Å². The minimum absolute atomic E-state index is 0.0620. The Morgan fingerprint density at radius 2 is 2.42 bits per heavy atom. The molecule has 0 aliphatic carbocycles. The maximum absolute atomic E-state index is 10.6. The zero-order valence-corrected chi connectivity index (χ0v) is 7.06. The van der Waals surface area contributed by atoms with Crippen LogP contribution in [0.1, 0.15) is 20.3 Å². The standard InChI is InChI=1S/C6H12N4O2/c1-3-4(2)5(6(11)12)8-10-9-7/h4-5,8H,3H2,1-2H3,(H,11,12). The molecule has 6 heteroatoms. The van der Waals surface area contributed by atoms with Gasteiger partial charge in [-0.1, -0.05) is 13.8 Å². The lowest BCUT2D eigenvalue weighted by Gasteiger charge is -2.13. The van der Waals surface area contributed by atoms with Gasteiger partial charge in [0.15, 0.2) is 6.04 Å². The van der Waals surface area contributed by atoms with Crippen molar-refractivity contribution in [3.63, 3.8) is 0 Å². The highest BCUT2D eigenvalue weighted by atomic mass is 16.4. The average molecular weight is 172 g/mol. The highest BCUT2D eigenvalue weighted by Gasteiger charge is 2.25. The van der Waals surface area contributed by atoms with Crippen LogP contribution in [0.5, 0.6) is 0 Å². The third-order valence-electron chi connectivity index (χ3n) is 1.72. The predicted octanol–water partition coefficient (Wildman–Crippen LogP) is 1.30. The Balaban J connectivity index is 4.21. The van der Waals surface area contributed by atoms with Gasteiger partial charge in [0.05, 0.1) is 0 Å². The van der Waals surface area contributed by atoms with Crippen LogP contribution in [0.4, 0.5) is 0 Å². The number of nitrogens with one attached hydrogen (secondary N) is 1. The fourth-order valence-electron chi connectivity index (χ4n) is 0.750. The highest BCUT2D eigenvalue weighted by molar-refractivity contribution is 5.73. The first-order chi connectivity index (χ1) is 5.63. The summed E-state index contributed by atoms with van der Waals surface area (Å²) < 4.78 is 0. The molecular weight excluding hydrogens is 160 g/mol. The van der Waals surface area contributed by atoms with Crippen molar-refractivity contribution >= 4 is 5.97 Å². The molecule has 0 aliphatic heterocycles. The number of azide groups is 1. The quantitative estimate of drug-likeness (QED) is 0.283. The van der Waals surface area contributed by atoms with Crippen molar-refractivity contribution < 1.29 is 9.90 Å². The smallest absolute Gasteiger partial charge is 0.349 e. The largest absolute Gasteiger partial charge is 0.478 e. The summed E-state index contributed by atoms with van der Waals surface area (Å²) >= 11 is 0. The van der Waals surface area contributed by atoms with Crippen molar-refractivity contribution in [1.82, 2.24) is 5.43 Å². The first-order valence-electron chi connectivity index (χ1n) is 3.65. The fraction of sp³-hybridized carbons (Fsp3) is 0.833. The van der Waals surface area contributed by atoms with Crippen LogP contribution in [-0.2, 0) is 4.79 Å². The minimum Gasteiger partial charge on any atom is -0.478 e. The number of rotatable bonds is 5. The molecule has 0 heterocycles. The van der Waals surface area contributed by atoms with Gasteiger partial charge in [0.2, 0.25) is 0 Å².